The Morgan fingerprint density at radius 1 is 1.06 bits per heavy atom. The van der Waals surface area contributed by atoms with Gasteiger partial charge in [-0.1, -0.05) is 30.3 Å². The predicted molar refractivity (Wildman–Crippen MR) is 126 cm³/mol. The van der Waals surface area contributed by atoms with Gasteiger partial charge in [-0.05, 0) is 43.2 Å². The van der Waals surface area contributed by atoms with Crippen LogP contribution >= 0.6 is 0 Å². The molecule has 0 aromatic heterocycles. The van der Waals surface area contributed by atoms with Gasteiger partial charge in [-0.3, -0.25) is 9.69 Å². The Labute approximate surface area is 198 Å². The molecule has 2 atom stereocenters. The van der Waals surface area contributed by atoms with E-state index in [9.17, 15) is 14.4 Å². The topological polar surface area (TPSA) is 85.8 Å². The zero-order valence-electron chi connectivity index (χ0n) is 19.3. The Hall–Kier alpha value is -3.88. The highest BCUT2D eigenvalue weighted by molar-refractivity contribution is 6.08. The Morgan fingerprint density at radius 2 is 1.79 bits per heavy atom. The number of hydrogen-bond acceptors (Lipinski definition) is 7. The van der Waals surface area contributed by atoms with Crippen LogP contribution in [0.1, 0.15) is 22.8 Å². The maximum Gasteiger partial charge on any atom is 0.338 e. The van der Waals surface area contributed by atoms with E-state index in [4.69, 9.17) is 9.73 Å². The molecule has 0 aliphatic carbocycles. The van der Waals surface area contributed by atoms with E-state index in [0.717, 1.165) is 11.3 Å². The van der Waals surface area contributed by atoms with Crippen molar-refractivity contribution in [2.24, 2.45) is 4.99 Å². The first-order valence-corrected chi connectivity index (χ1v) is 11.5. The minimum atomic E-state index is -0.551. The van der Waals surface area contributed by atoms with Gasteiger partial charge < -0.3 is 19.4 Å². The number of amides is 3. The summed E-state index contributed by atoms with van der Waals surface area (Å²) in [6.45, 7) is 3.71. The van der Waals surface area contributed by atoms with Crippen LogP contribution in [0.4, 0.5) is 10.5 Å². The number of guanidine groups is 1. The molecule has 0 radical (unpaired) electrons. The number of carbonyl (C=O) groups is 3. The Balaban J connectivity index is 1.34. The van der Waals surface area contributed by atoms with E-state index in [-0.39, 0.29) is 17.9 Å². The Kier molecular flexibility index (Phi) is 5.69. The summed E-state index contributed by atoms with van der Waals surface area (Å²) >= 11 is 0. The fourth-order valence-corrected chi connectivity index (χ4v) is 4.76. The molecule has 2 saturated heterocycles. The molecule has 34 heavy (non-hydrogen) atoms. The highest BCUT2D eigenvalue weighted by Gasteiger charge is 2.54. The van der Waals surface area contributed by atoms with Crippen molar-refractivity contribution >= 4 is 29.6 Å². The lowest BCUT2D eigenvalue weighted by molar-refractivity contribution is -0.137. The monoisotopic (exact) mass is 461 g/mol. The van der Waals surface area contributed by atoms with Gasteiger partial charge in [-0.25, -0.2) is 14.6 Å². The molecule has 176 valence electrons. The third-order valence-corrected chi connectivity index (χ3v) is 6.53. The van der Waals surface area contributed by atoms with Crippen LogP contribution in [0.3, 0.4) is 0 Å². The molecule has 3 heterocycles. The van der Waals surface area contributed by atoms with Crippen molar-refractivity contribution in [2.75, 3.05) is 38.2 Å². The van der Waals surface area contributed by atoms with Gasteiger partial charge in [0.25, 0.3) is 5.91 Å². The SMILES string of the molecule is CCOC(=O)c1ccc(N2CCN3C2=NC2C3C(=O)N(CCc3ccccc3)C(=O)N2C)cc1. The average molecular weight is 462 g/mol. The molecular weight excluding hydrogens is 434 g/mol. The molecular formula is C25H27N5O4. The third kappa shape index (κ3) is 3.67. The minimum absolute atomic E-state index is 0.206. The number of aliphatic imine (C=N–C) groups is 1. The van der Waals surface area contributed by atoms with E-state index in [2.05, 4.69) is 0 Å². The lowest BCUT2D eigenvalue weighted by atomic mass is 10.1. The number of ether oxygens (including phenoxy) is 1. The molecule has 2 aromatic carbocycles. The number of rotatable bonds is 6. The van der Waals surface area contributed by atoms with E-state index in [1.165, 1.54) is 4.90 Å². The zero-order valence-corrected chi connectivity index (χ0v) is 19.3. The van der Waals surface area contributed by atoms with Crippen molar-refractivity contribution in [3.05, 3.63) is 65.7 Å². The quantitative estimate of drug-likeness (QED) is 0.613. The van der Waals surface area contributed by atoms with Crippen LogP contribution in [0.25, 0.3) is 0 Å². The lowest BCUT2D eigenvalue weighted by Crippen LogP contribution is -2.65. The fraction of sp³-hybridized carbons (Fsp3) is 0.360. The maximum absolute atomic E-state index is 13.4. The number of urea groups is 1. The Bertz CT molecular complexity index is 1130. The highest BCUT2D eigenvalue weighted by atomic mass is 16.5. The van der Waals surface area contributed by atoms with E-state index in [1.54, 1.807) is 31.0 Å². The van der Waals surface area contributed by atoms with Crippen molar-refractivity contribution in [1.29, 1.82) is 0 Å². The van der Waals surface area contributed by atoms with Gasteiger partial charge in [-0.2, -0.15) is 0 Å². The van der Waals surface area contributed by atoms with Crippen LogP contribution in [0.15, 0.2) is 59.6 Å². The first-order chi connectivity index (χ1) is 16.5. The van der Waals surface area contributed by atoms with Crippen LogP contribution in [0.2, 0.25) is 0 Å². The first-order valence-electron chi connectivity index (χ1n) is 11.5. The molecule has 3 amide bonds. The normalized spacial score (nSPS) is 21.5. The first kappa shape index (κ1) is 21.9. The summed E-state index contributed by atoms with van der Waals surface area (Å²) < 4.78 is 5.05. The van der Waals surface area contributed by atoms with Crippen molar-refractivity contribution in [3.8, 4) is 0 Å². The second-order valence-corrected chi connectivity index (χ2v) is 8.52. The van der Waals surface area contributed by atoms with Crippen LogP contribution in [0.5, 0.6) is 0 Å². The van der Waals surface area contributed by atoms with Gasteiger partial charge in [0.2, 0.25) is 5.96 Å². The fourth-order valence-electron chi connectivity index (χ4n) is 4.76. The van der Waals surface area contributed by atoms with E-state index < -0.39 is 12.2 Å². The number of imide groups is 1. The van der Waals surface area contributed by atoms with Gasteiger partial charge >= 0.3 is 12.0 Å². The van der Waals surface area contributed by atoms with Gasteiger partial charge in [0.15, 0.2) is 12.2 Å². The number of nitrogens with zero attached hydrogens (tertiary/aromatic N) is 5. The molecule has 0 N–H and O–H groups in total. The van der Waals surface area contributed by atoms with Crippen LogP contribution in [-0.4, -0.2) is 84.1 Å². The molecule has 9 nitrogen and oxygen atoms in total. The summed E-state index contributed by atoms with van der Waals surface area (Å²) in [4.78, 5) is 50.1. The van der Waals surface area contributed by atoms with Crippen LogP contribution < -0.4 is 4.90 Å². The lowest BCUT2D eigenvalue weighted by Gasteiger charge is -2.40. The number of anilines is 1. The molecule has 3 aliphatic heterocycles. The van der Waals surface area contributed by atoms with Crippen molar-refractivity contribution in [1.82, 2.24) is 14.7 Å². The van der Waals surface area contributed by atoms with Crippen LogP contribution in [0, 0.1) is 0 Å². The molecule has 0 bridgehead atoms. The summed E-state index contributed by atoms with van der Waals surface area (Å²) in [6.07, 6.45) is 0.0560. The molecule has 2 aromatic rings. The number of likely N-dealkylation sites (N-methyl/N-ethyl adjacent to an activating group) is 1. The summed E-state index contributed by atoms with van der Waals surface area (Å²) in [6, 6.07) is 16.1. The highest BCUT2D eigenvalue weighted by Crippen LogP contribution is 2.33. The standard InChI is InChI=1S/C25H27N5O4/c1-3-34-23(32)18-9-11-19(12-10-18)28-15-16-29-20-21(26-24(28)29)27(2)25(33)30(22(20)31)14-13-17-7-5-4-6-8-17/h4-12,20-21H,3,13-16H2,1-2H3. The molecule has 2 fully saturated rings. The van der Waals surface area contributed by atoms with Crippen molar-refractivity contribution < 1.29 is 19.1 Å². The molecule has 0 spiro atoms. The van der Waals surface area contributed by atoms with Crippen LogP contribution in [-0.2, 0) is 16.0 Å². The molecule has 9 heteroatoms. The Morgan fingerprint density at radius 3 is 2.50 bits per heavy atom. The molecule has 0 saturated carbocycles. The molecule has 2 unspecified atom stereocenters. The third-order valence-electron chi connectivity index (χ3n) is 6.53. The largest absolute Gasteiger partial charge is 0.462 e. The number of carbonyl (C=O) groups excluding carboxylic acids is 3. The number of benzene rings is 2. The summed E-state index contributed by atoms with van der Waals surface area (Å²) in [5.74, 6) is 0.113. The number of fused-ring (bicyclic) bond motifs is 3. The van der Waals surface area contributed by atoms with Crippen molar-refractivity contribution in [3.63, 3.8) is 0 Å². The van der Waals surface area contributed by atoms with Crippen molar-refractivity contribution in [2.45, 2.75) is 25.6 Å². The minimum Gasteiger partial charge on any atom is -0.462 e. The summed E-state index contributed by atoms with van der Waals surface area (Å²) in [5, 5.41) is 0. The summed E-state index contributed by atoms with van der Waals surface area (Å²) in [5.41, 5.74) is 2.43. The van der Waals surface area contributed by atoms with Gasteiger partial charge in [0.1, 0.15) is 0 Å². The second kappa shape index (κ2) is 8.81. The van der Waals surface area contributed by atoms with E-state index >= 15 is 0 Å². The number of hydrogen-bond donors (Lipinski definition) is 0. The van der Waals surface area contributed by atoms with Gasteiger partial charge in [-0.15, -0.1) is 0 Å². The average Bonchev–Trinajstić information content (AvgIpc) is 3.43. The maximum atomic E-state index is 13.4. The van der Waals surface area contributed by atoms with E-state index in [0.29, 0.717) is 44.2 Å². The summed E-state index contributed by atoms with van der Waals surface area (Å²) in [7, 11) is 1.70. The van der Waals surface area contributed by atoms with Gasteiger partial charge in [0.05, 0.1) is 12.2 Å². The molecule has 3 aliphatic rings. The molecule has 5 rings (SSSR count). The van der Waals surface area contributed by atoms with E-state index in [1.807, 2.05) is 52.3 Å². The zero-order chi connectivity index (χ0) is 23.8. The van der Waals surface area contributed by atoms with Gasteiger partial charge in [0, 0.05) is 32.4 Å². The predicted octanol–water partition coefficient (Wildman–Crippen LogP) is 2.19. The number of esters is 1. The second-order valence-electron chi connectivity index (χ2n) is 8.52. The smallest absolute Gasteiger partial charge is 0.338 e.